The van der Waals surface area contributed by atoms with Crippen LogP contribution in [0.15, 0.2) is 0 Å². The zero-order valence-electron chi connectivity index (χ0n) is 11.8. The van der Waals surface area contributed by atoms with Crippen molar-refractivity contribution in [2.45, 2.75) is 57.9 Å². The van der Waals surface area contributed by atoms with Crippen LogP contribution in [0.5, 0.6) is 0 Å². The predicted octanol–water partition coefficient (Wildman–Crippen LogP) is 3.64. The molecule has 1 saturated heterocycles. The van der Waals surface area contributed by atoms with Gasteiger partial charge in [0.1, 0.15) is 5.78 Å². The monoisotopic (exact) mass is 281 g/mol. The van der Waals surface area contributed by atoms with Crippen molar-refractivity contribution in [3.63, 3.8) is 0 Å². The first-order valence-electron chi connectivity index (χ1n) is 8.08. The van der Waals surface area contributed by atoms with E-state index in [1.165, 1.54) is 25.7 Å². The van der Waals surface area contributed by atoms with E-state index in [9.17, 15) is 4.79 Å². The highest BCUT2D eigenvalue weighted by Gasteiger charge is 2.65. The maximum atomic E-state index is 12.7. The van der Waals surface area contributed by atoms with Gasteiger partial charge in [-0.15, -0.1) is 0 Å². The lowest BCUT2D eigenvalue weighted by atomic mass is 9.48. The molecule has 3 heteroatoms. The highest BCUT2D eigenvalue weighted by Crippen LogP contribution is 2.66. The van der Waals surface area contributed by atoms with E-state index in [1.54, 1.807) is 0 Å². The Kier molecular flexibility index (Phi) is 2.80. The lowest BCUT2D eigenvalue weighted by molar-refractivity contribution is -0.147. The van der Waals surface area contributed by atoms with E-state index in [2.05, 4.69) is 11.3 Å². The molecule has 4 aliphatic rings. The summed E-state index contributed by atoms with van der Waals surface area (Å²) < 4.78 is 2.09. The summed E-state index contributed by atoms with van der Waals surface area (Å²) in [4.78, 5) is 12.7. The zero-order chi connectivity index (χ0) is 13.2. The molecular formula is C16H24ClNO. The van der Waals surface area contributed by atoms with Gasteiger partial charge in [0.15, 0.2) is 0 Å². The first-order valence-corrected chi connectivity index (χ1v) is 8.42. The topological polar surface area (TPSA) is 20.3 Å². The predicted molar refractivity (Wildman–Crippen MR) is 75.7 cm³/mol. The highest BCUT2D eigenvalue weighted by molar-refractivity contribution is 6.13. The van der Waals surface area contributed by atoms with Crippen LogP contribution in [0, 0.1) is 29.1 Å². The molecule has 3 aliphatic carbocycles. The Morgan fingerprint density at radius 2 is 2.16 bits per heavy atom. The van der Waals surface area contributed by atoms with Gasteiger partial charge in [-0.2, -0.15) is 0 Å². The first kappa shape index (κ1) is 12.6. The van der Waals surface area contributed by atoms with Crippen molar-refractivity contribution in [1.82, 2.24) is 4.42 Å². The summed E-state index contributed by atoms with van der Waals surface area (Å²) in [5.41, 5.74) is 0.246. The van der Waals surface area contributed by atoms with Crippen molar-refractivity contribution >= 4 is 17.6 Å². The van der Waals surface area contributed by atoms with Gasteiger partial charge in [0.25, 0.3) is 0 Å². The molecule has 4 rings (SSSR count). The number of carbonyl (C=O) groups excluding carboxylic acids is 1. The van der Waals surface area contributed by atoms with Crippen LogP contribution in [0.25, 0.3) is 0 Å². The van der Waals surface area contributed by atoms with Gasteiger partial charge in [-0.1, -0.05) is 6.92 Å². The second-order valence-corrected chi connectivity index (χ2v) is 8.04. The summed E-state index contributed by atoms with van der Waals surface area (Å²) >= 11 is 6.59. The molecule has 0 unspecified atom stereocenters. The summed E-state index contributed by atoms with van der Waals surface area (Å²) in [6.45, 7) is 3.37. The minimum Gasteiger partial charge on any atom is -0.299 e. The Morgan fingerprint density at radius 3 is 3.00 bits per heavy atom. The standard InChI is InChI=1S/C16H24ClNO/c1-10-7-11-8-14(19)13-3-2-6-18(17)15-5-4-12(11)16(13,15)9-10/h10-13,15H,2-9H2,1H3/t10-,11+,12-,13-,15-,16-/m1/s1. The summed E-state index contributed by atoms with van der Waals surface area (Å²) in [7, 11) is 0. The van der Waals surface area contributed by atoms with Gasteiger partial charge in [0.05, 0.1) is 0 Å². The van der Waals surface area contributed by atoms with E-state index in [0.717, 1.165) is 37.6 Å². The van der Waals surface area contributed by atoms with Crippen LogP contribution in [0.3, 0.4) is 0 Å². The molecule has 0 N–H and O–H groups in total. The van der Waals surface area contributed by atoms with E-state index < -0.39 is 0 Å². The van der Waals surface area contributed by atoms with Gasteiger partial charge >= 0.3 is 0 Å². The Balaban J connectivity index is 1.84. The molecule has 0 aromatic heterocycles. The Bertz CT molecular complexity index is 412. The summed E-state index contributed by atoms with van der Waals surface area (Å²) in [5.74, 6) is 3.14. The molecule has 0 radical (unpaired) electrons. The molecule has 2 nitrogen and oxygen atoms in total. The quantitative estimate of drug-likeness (QED) is 0.632. The fraction of sp³-hybridized carbons (Fsp3) is 0.938. The molecule has 4 fully saturated rings. The number of carbonyl (C=O) groups is 1. The number of halogens is 1. The van der Waals surface area contributed by atoms with Crippen LogP contribution >= 0.6 is 11.8 Å². The highest BCUT2D eigenvalue weighted by atomic mass is 35.5. The van der Waals surface area contributed by atoms with E-state index in [-0.39, 0.29) is 5.41 Å². The Hall–Kier alpha value is -0.0800. The van der Waals surface area contributed by atoms with Crippen molar-refractivity contribution in [2.75, 3.05) is 6.54 Å². The molecule has 19 heavy (non-hydrogen) atoms. The number of rotatable bonds is 0. The van der Waals surface area contributed by atoms with E-state index in [0.29, 0.717) is 23.7 Å². The average molecular weight is 282 g/mol. The molecule has 3 saturated carbocycles. The SMILES string of the molecule is C[C@@H]1C[C@H]2CC(=O)[C@H]3CCCN(Cl)[C@@H]4CC[C@H]2[C@]34C1. The molecule has 1 heterocycles. The molecule has 1 spiro atoms. The van der Waals surface area contributed by atoms with Gasteiger partial charge < -0.3 is 0 Å². The second kappa shape index (κ2) is 4.21. The molecule has 1 aliphatic heterocycles. The average Bonchev–Trinajstić information content (AvgIpc) is 2.67. The summed E-state index contributed by atoms with van der Waals surface area (Å²) in [6, 6.07) is 0.473. The van der Waals surface area contributed by atoms with Gasteiger partial charge in [0, 0.05) is 30.3 Å². The Morgan fingerprint density at radius 1 is 1.32 bits per heavy atom. The Labute approximate surface area is 121 Å². The van der Waals surface area contributed by atoms with Crippen LogP contribution in [0.4, 0.5) is 0 Å². The molecule has 0 aromatic rings. The number of hydrogen-bond acceptors (Lipinski definition) is 2. The van der Waals surface area contributed by atoms with Gasteiger partial charge in [0.2, 0.25) is 0 Å². The summed E-state index contributed by atoms with van der Waals surface area (Å²) in [5, 5.41) is 0. The van der Waals surface area contributed by atoms with Crippen molar-refractivity contribution in [3.05, 3.63) is 0 Å². The van der Waals surface area contributed by atoms with Gasteiger partial charge in [-0.3, -0.25) is 4.79 Å². The third-order valence-corrected chi connectivity index (χ3v) is 7.15. The maximum absolute atomic E-state index is 12.7. The normalized spacial score (nSPS) is 53.8. The molecule has 0 aromatic carbocycles. The number of ketones is 1. The van der Waals surface area contributed by atoms with Crippen LogP contribution in [-0.2, 0) is 4.79 Å². The third-order valence-electron chi connectivity index (χ3n) is 6.74. The lowest BCUT2D eigenvalue weighted by Gasteiger charge is -2.56. The number of hydrogen-bond donors (Lipinski definition) is 0. The molecule has 2 bridgehead atoms. The van der Waals surface area contributed by atoms with E-state index in [1.807, 2.05) is 0 Å². The van der Waals surface area contributed by atoms with Crippen LogP contribution < -0.4 is 0 Å². The van der Waals surface area contributed by atoms with E-state index in [4.69, 9.17) is 11.8 Å². The van der Waals surface area contributed by atoms with E-state index >= 15 is 0 Å². The van der Waals surface area contributed by atoms with Crippen molar-refractivity contribution in [3.8, 4) is 0 Å². The molecule has 0 amide bonds. The van der Waals surface area contributed by atoms with Crippen LogP contribution in [0.2, 0.25) is 0 Å². The van der Waals surface area contributed by atoms with Crippen molar-refractivity contribution in [1.29, 1.82) is 0 Å². The van der Waals surface area contributed by atoms with Crippen molar-refractivity contribution < 1.29 is 4.79 Å². The van der Waals surface area contributed by atoms with Gasteiger partial charge in [-0.25, -0.2) is 4.42 Å². The molecule has 106 valence electrons. The zero-order valence-corrected chi connectivity index (χ0v) is 12.5. The van der Waals surface area contributed by atoms with Gasteiger partial charge in [-0.05, 0) is 68.1 Å². The van der Waals surface area contributed by atoms with Crippen molar-refractivity contribution in [2.24, 2.45) is 29.1 Å². The number of nitrogens with zero attached hydrogens (tertiary/aromatic N) is 1. The second-order valence-electron chi connectivity index (χ2n) is 7.61. The largest absolute Gasteiger partial charge is 0.299 e. The minimum atomic E-state index is 0.246. The third kappa shape index (κ3) is 1.56. The fourth-order valence-electron chi connectivity index (χ4n) is 6.44. The molecule has 6 atom stereocenters. The first-order chi connectivity index (χ1) is 9.13. The summed E-state index contributed by atoms with van der Waals surface area (Å²) in [6.07, 6.45) is 8.13. The lowest BCUT2D eigenvalue weighted by Crippen LogP contribution is -2.57. The minimum absolute atomic E-state index is 0.246. The van der Waals surface area contributed by atoms with Crippen LogP contribution in [0.1, 0.15) is 51.9 Å². The smallest absolute Gasteiger partial charge is 0.136 e. The maximum Gasteiger partial charge on any atom is 0.136 e. The fourth-order valence-corrected chi connectivity index (χ4v) is 6.84. The van der Waals surface area contributed by atoms with Crippen LogP contribution in [-0.4, -0.2) is 22.8 Å². The molecular weight excluding hydrogens is 258 g/mol. The number of Topliss-reactive ketones (excluding diaryl/α,β-unsaturated/α-hetero) is 1.